The molecule has 0 aliphatic carbocycles. The van der Waals surface area contributed by atoms with E-state index in [1.165, 1.54) is 25.9 Å². The van der Waals surface area contributed by atoms with Crippen molar-refractivity contribution in [3.8, 4) is 0 Å². The SMILES string of the molecule is CCCN(CCCNc1ccnc2cc(Cl)ccc12)CCC(C)(C)C. The van der Waals surface area contributed by atoms with Gasteiger partial charge in [-0.2, -0.15) is 0 Å². The number of fused-ring (bicyclic) bond motifs is 1. The van der Waals surface area contributed by atoms with E-state index in [2.05, 4.69) is 42.9 Å². The number of benzene rings is 1. The van der Waals surface area contributed by atoms with Gasteiger partial charge in [0.25, 0.3) is 0 Å². The summed E-state index contributed by atoms with van der Waals surface area (Å²) in [5.74, 6) is 0. The summed E-state index contributed by atoms with van der Waals surface area (Å²) < 4.78 is 0. The fourth-order valence-corrected chi connectivity index (χ4v) is 3.11. The average Bonchev–Trinajstić information content (AvgIpc) is 2.55. The lowest BCUT2D eigenvalue weighted by Gasteiger charge is -2.26. The van der Waals surface area contributed by atoms with Gasteiger partial charge in [0.05, 0.1) is 5.52 Å². The molecule has 3 nitrogen and oxygen atoms in total. The number of nitrogens with one attached hydrogen (secondary N) is 1. The summed E-state index contributed by atoms with van der Waals surface area (Å²) in [5.41, 5.74) is 2.48. The zero-order valence-corrected chi connectivity index (χ0v) is 16.9. The number of halogens is 1. The van der Waals surface area contributed by atoms with Gasteiger partial charge in [-0.15, -0.1) is 0 Å². The maximum atomic E-state index is 6.06. The van der Waals surface area contributed by atoms with Gasteiger partial charge in [0.2, 0.25) is 0 Å². The molecule has 1 N–H and O–H groups in total. The molecule has 25 heavy (non-hydrogen) atoms. The van der Waals surface area contributed by atoms with Crippen molar-refractivity contribution in [1.82, 2.24) is 9.88 Å². The lowest BCUT2D eigenvalue weighted by atomic mass is 9.92. The second kappa shape index (κ2) is 9.40. The Kier molecular flexibility index (Phi) is 7.52. The first-order valence-electron chi connectivity index (χ1n) is 9.39. The number of anilines is 1. The highest BCUT2D eigenvalue weighted by molar-refractivity contribution is 6.31. The van der Waals surface area contributed by atoms with E-state index < -0.39 is 0 Å². The zero-order chi connectivity index (χ0) is 18.3. The predicted molar refractivity (Wildman–Crippen MR) is 111 cm³/mol. The monoisotopic (exact) mass is 361 g/mol. The quantitative estimate of drug-likeness (QED) is 0.569. The van der Waals surface area contributed by atoms with Crippen LogP contribution in [0.1, 0.15) is 47.0 Å². The Morgan fingerprint density at radius 3 is 2.64 bits per heavy atom. The van der Waals surface area contributed by atoms with Crippen molar-refractivity contribution in [2.24, 2.45) is 5.41 Å². The summed E-state index contributed by atoms with van der Waals surface area (Å²) in [6.07, 6.45) is 5.44. The van der Waals surface area contributed by atoms with Crippen LogP contribution in [0.15, 0.2) is 30.5 Å². The van der Waals surface area contributed by atoms with Crippen LogP contribution in [0.4, 0.5) is 5.69 Å². The summed E-state index contributed by atoms with van der Waals surface area (Å²) in [4.78, 5) is 6.99. The molecular weight excluding hydrogens is 330 g/mol. The third-order valence-corrected chi connectivity index (χ3v) is 4.62. The first-order valence-corrected chi connectivity index (χ1v) is 9.77. The standard InChI is InChI=1S/C21H32ClN3/c1-5-13-25(15-10-21(2,3)4)14-6-11-23-19-9-12-24-20-16-17(22)7-8-18(19)20/h7-9,12,16H,5-6,10-11,13-15H2,1-4H3,(H,23,24). The minimum atomic E-state index is 0.404. The predicted octanol–water partition coefficient (Wildman–Crippen LogP) is 5.84. The van der Waals surface area contributed by atoms with Crippen molar-refractivity contribution >= 4 is 28.2 Å². The molecule has 0 fully saturated rings. The molecule has 0 aliphatic rings. The third kappa shape index (κ3) is 6.83. The van der Waals surface area contributed by atoms with Gasteiger partial charge >= 0.3 is 0 Å². The molecule has 0 amide bonds. The summed E-state index contributed by atoms with van der Waals surface area (Å²) >= 11 is 6.06. The Balaban J connectivity index is 1.85. The van der Waals surface area contributed by atoms with Crippen molar-refractivity contribution in [1.29, 1.82) is 0 Å². The molecule has 1 heterocycles. The summed E-state index contributed by atoms with van der Waals surface area (Å²) in [6.45, 7) is 13.7. The molecule has 0 bridgehead atoms. The second-order valence-electron chi connectivity index (χ2n) is 7.95. The Morgan fingerprint density at radius 2 is 1.92 bits per heavy atom. The van der Waals surface area contributed by atoms with Crippen LogP contribution < -0.4 is 5.32 Å². The van der Waals surface area contributed by atoms with Gasteiger partial charge in [-0.25, -0.2) is 0 Å². The highest BCUT2D eigenvalue weighted by Gasteiger charge is 2.12. The van der Waals surface area contributed by atoms with E-state index in [4.69, 9.17) is 11.6 Å². The smallest absolute Gasteiger partial charge is 0.0737 e. The number of nitrogens with zero attached hydrogens (tertiary/aromatic N) is 2. The summed E-state index contributed by atoms with van der Waals surface area (Å²) in [7, 11) is 0. The van der Waals surface area contributed by atoms with Crippen LogP contribution in [-0.2, 0) is 0 Å². The minimum Gasteiger partial charge on any atom is -0.384 e. The van der Waals surface area contributed by atoms with E-state index in [0.717, 1.165) is 41.1 Å². The van der Waals surface area contributed by atoms with Crippen LogP contribution in [0.2, 0.25) is 5.02 Å². The highest BCUT2D eigenvalue weighted by Crippen LogP contribution is 2.24. The highest BCUT2D eigenvalue weighted by atomic mass is 35.5. The maximum Gasteiger partial charge on any atom is 0.0737 e. The Labute approximate surface area is 157 Å². The van der Waals surface area contributed by atoms with E-state index in [1.807, 2.05) is 30.5 Å². The molecule has 1 aromatic heterocycles. The van der Waals surface area contributed by atoms with Gasteiger partial charge in [0.1, 0.15) is 0 Å². The lowest BCUT2D eigenvalue weighted by Crippen LogP contribution is -2.30. The van der Waals surface area contributed by atoms with Crippen molar-refractivity contribution in [2.45, 2.75) is 47.0 Å². The topological polar surface area (TPSA) is 28.2 Å². The van der Waals surface area contributed by atoms with Crippen molar-refractivity contribution < 1.29 is 0 Å². The molecule has 0 spiro atoms. The summed E-state index contributed by atoms with van der Waals surface area (Å²) in [5, 5.41) is 5.42. The molecule has 2 aromatic rings. The van der Waals surface area contributed by atoms with Crippen molar-refractivity contribution in [3.63, 3.8) is 0 Å². The van der Waals surface area contributed by atoms with Crippen LogP contribution in [0.5, 0.6) is 0 Å². The van der Waals surface area contributed by atoms with Crippen LogP contribution in [0, 0.1) is 5.41 Å². The third-order valence-electron chi connectivity index (χ3n) is 4.39. The lowest BCUT2D eigenvalue weighted by molar-refractivity contribution is 0.227. The van der Waals surface area contributed by atoms with E-state index in [9.17, 15) is 0 Å². The van der Waals surface area contributed by atoms with Gasteiger partial charge in [0.15, 0.2) is 0 Å². The molecule has 0 atom stereocenters. The minimum absolute atomic E-state index is 0.404. The molecule has 0 saturated heterocycles. The van der Waals surface area contributed by atoms with Gasteiger partial charge < -0.3 is 10.2 Å². The summed E-state index contributed by atoms with van der Waals surface area (Å²) in [6, 6.07) is 7.92. The molecule has 0 unspecified atom stereocenters. The van der Waals surface area contributed by atoms with E-state index in [1.54, 1.807) is 0 Å². The molecule has 0 radical (unpaired) electrons. The average molecular weight is 362 g/mol. The molecule has 138 valence electrons. The molecule has 0 saturated carbocycles. The molecule has 4 heteroatoms. The molecule has 1 aromatic carbocycles. The first kappa shape index (κ1) is 20.0. The van der Waals surface area contributed by atoms with Gasteiger partial charge in [-0.3, -0.25) is 4.98 Å². The van der Waals surface area contributed by atoms with Crippen molar-refractivity contribution in [2.75, 3.05) is 31.5 Å². The Bertz CT molecular complexity index is 664. The van der Waals surface area contributed by atoms with E-state index >= 15 is 0 Å². The van der Waals surface area contributed by atoms with Crippen LogP contribution >= 0.6 is 11.6 Å². The molecule has 0 aliphatic heterocycles. The van der Waals surface area contributed by atoms with E-state index in [-0.39, 0.29) is 0 Å². The van der Waals surface area contributed by atoms with Crippen LogP contribution in [0.25, 0.3) is 10.9 Å². The number of hydrogen-bond acceptors (Lipinski definition) is 3. The largest absolute Gasteiger partial charge is 0.384 e. The maximum absolute atomic E-state index is 6.06. The van der Waals surface area contributed by atoms with Gasteiger partial charge in [-0.1, -0.05) is 39.3 Å². The Hall–Kier alpha value is -1.32. The van der Waals surface area contributed by atoms with Gasteiger partial charge in [0, 0.05) is 28.8 Å². The number of hydrogen-bond donors (Lipinski definition) is 1. The fourth-order valence-electron chi connectivity index (χ4n) is 2.95. The second-order valence-corrected chi connectivity index (χ2v) is 8.39. The van der Waals surface area contributed by atoms with Gasteiger partial charge in [-0.05, 0) is 68.6 Å². The van der Waals surface area contributed by atoms with Crippen LogP contribution in [0.3, 0.4) is 0 Å². The normalized spacial score (nSPS) is 12.1. The fraction of sp³-hybridized carbons (Fsp3) is 0.571. The molecule has 2 rings (SSSR count). The number of pyridine rings is 1. The van der Waals surface area contributed by atoms with Crippen LogP contribution in [-0.4, -0.2) is 36.1 Å². The number of aromatic nitrogens is 1. The first-order chi connectivity index (χ1) is 11.9. The zero-order valence-electron chi connectivity index (χ0n) is 16.1. The Morgan fingerprint density at radius 1 is 1.12 bits per heavy atom. The van der Waals surface area contributed by atoms with E-state index in [0.29, 0.717) is 5.41 Å². The number of rotatable bonds is 9. The van der Waals surface area contributed by atoms with Crippen molar-refractivity contribution in [3.05, 3.63) is 35.5 Å². The molecular formula is C21H32ClN3.